The van der Waals surface area contributed by atoms with Gasteiger partial charge >= 0.3 is 30.0 Å². The molecule has 6 aliphatic rings. The number of cyclic esters (lactones) is 2. The number of nitrogens with zero attached hydrogens (tertiary/aromatic N) is 1. The van der Waals surface area contributed by atoms with E-state index < -0.39 is 29.3 Å². The summed E-state index contributed by atoms with van der Waals surface area (Å²) in [4.78, 5) is 70.1. The van der Waals surface area contributed by atoms with Crippen LogP contribution in [-0.2, 0) is 38.2 Å². The third kappa shape index (κ3) is 14.5. The van der Waals surface area contributed by atoms with Crippen LogP contribution < -0.4 is 5.32 Å². The number of aliphatic hydroxyl groups excluding tert-OH is 1. The number of aliphatic hydroxyl groups is 1. The maximum absolute atomic E-state index is 12.9. The van der Waals surface area contributed by atoms with Crippen LogP contribution in [0.5, 0.6) is 0 Å². The number of fused-ring (bicyclic) bond motifs is 5. The van der Waals surface area contributed by atoms with Crippen molar-refractivity contribution in [3.8, 4) is 0 Å². The molecule has 0 aromatic heterocycles. The number of unbranched alkanes of at least 4 members (excludes halogenated alkanes) is 2. The van der Waals surface area contributed by atoms with Crippen molar-refractivity contribution in [2.75, 3.05) is 33.4 Å². The number of allylic oxidation sites excluding steroid dienone is 1. The molecule has 0 unspecified atom stereocenters. The summed E-state index contributed by atoms with van der Waals surface area (Å²) in [5.41, 5.74) is 1.77. The fraction of sp³-hybridized carbons (Fsp3) is 0.840. The smallest absolute Gasteiger partial charge is 0.407 e. The molecule has 5 fully saturated rings. The lowest BCUT2D eigenvalue weighted by molar-refractivity contribution is -0.152. The fourth-order valence-electron chi connectivity index (χ4n) is 12.2. The first kappa shape index (κ1) is 49.0. The van der Waals surface area contributed by atoms with E-state index in [4.69, 9.17) is 17.4 Å². The number of esters is 3. The number of hydrogen-bond acceptors (Lipinski definition) is 10. The van der Waals surface area contributed by atoms with Gasteiger partial charge in [-0.25, -0.2) is 4.79 Å². The van der Waals surface area contributed by atoms with Crippen LogP contribution in [0, 0.1) is 51.8 Å². The van der Waals surface area contributed by atoms with E-state index in [0.717, 1.165) is 74.0 Å². The van der Waals surface area contributed by atoms with Crippen LogP contribution in [0.25, 0.3) is 0 Å². The highest BCUT2D eigenvalue weighted by Crippen LogP contribution is 2.67. The molecule has 8 atom stereocenters. The predicted octanol–water partition coefficient (Wildman–Crippen LogP) is 9.18. The monoisotopic (exact) mass is 890 g/mol. The van der Waals surface area contributed by atoms with Gasteiger partial charge in [0, 0.05) is 46.4 Å². The number of hydrogen-bond donors (Lipinski definition) is 3. The second-order valence-corrected chi connectivity index (χ2v) is 20.6. The van der Waals surface area contributed by atoms with Gasteiger partial charge in [-0.3, -0.25) is 24.0 Å². The Bertz CT molecular complexity index is 1620. The number of carboxylic acids is 1. The highest BCUT2D eigenvalue weighted by molar-refractivity contribution is 5.92. The van der Waals surface area contributed by atoms with E-state index in [1.807, 2.05) is 4.90 Å². The van der Waals surface area contributed by atoms with E-state index in [1.54, 1.807) is 0 Å². The zero-order valence-electron chi connectivity index (χ0n) is 41.5. The Morgan fingerprint density at radius 2 is 1.65 bits per heavy atom. The Balaban J connectivity index is 0.000000823. The number of rotatable bonds is 17. The molecule has 2 heterocycles. The van der Waals surface area contributed by atoms with E-state index in [0.29, 0.717) is 44.3 Å². The molecule has 13 heteroatoms. The van der Waals surface area contributed by atoms with Crippen LogP contribution in [0.2, 0.25) is 0 Å². The molecular weight excluding hydrogens is 805 g/mol. The number of aliphatic carboxylic acids is 1. The summed E-state index contributed by atoms with van der Waals surface area (Å²) in [7, 11) is 1.29. The van der Waals surface area contributed by atoms with Crippen molar-refractivity contribution < 1.29 is 54.6 Å². The molecule has 6 rings (SSSR count). The highest BCUT2D eigenvalue weighted by atomic mass is 16.6. The number of carbonyl (C=O) groups excluding carboxylic acids is 5. The molecule has 0 aromatic carbocycles. The summed E-state index contributed by atoms with van der Waals surface area (Å²) in [6, 6.07) is 0. The van der Waals surface area contributed by atoms with Crippen LogP contribution in [0.4, 0.5) is 4.79 Å². The summed E-state index contributed by atoms with van der Waals surface area (Å²) in [6.45, 7) is 14.2. The normalized spacial score (nSPS) is 30.2. The fourth-order valence-corrected chi connectivity index (χ4v) is 12.2. The maximum Gasteiger partial charge on any atom is 0.407 e. The Hall–Kier alpha value is -3.48. The third-order valence-electron chi connectivity index (χ3n) is 15.9. The van der Waals surface area contributed by atoms with Crippen LogP contribution in [0.3, 0.4) is 0 Å². The Kier molecular flexibility index (Phi) is 18.8. The van der Waals surface area contributed by atoms with Crippen molar-refractivity contribution in [1.29, 1.82) is 1.43 Å². The molecule has 0 bridgehead atoms. The molecule has 358 valence electrons. The number of piperidine rings is 1. The number of nitrogens with one attached hydrogen (secondary N) is 1. The van der Waals surface area contributed by atoms with E-state index in [9.17, 15) is 28.8 Å². The van der Waals surface area contributed by atoms with Gasteiger partial charge in [-0.05, 0) is 117 Å². The molecule has 3 saturated carbocycles. The van der Waals surface area contributed by atoms with E-state index >= 15 is 0 Å². The molecule has 0 aromatic rings. The average Bonchev–Trinajstić information content (AvgIpc) is 3.84. The Morgan fingerprint density at radius 3 is 2.29 bits per heavy atom. The van der Waals surface area contributed by atoms with Gasteiger partial charge in [0.1, 0.15) is 6.10 Å². The van der Waals surface area contributed by atoms with Crippen molar-refractivity contribution in [2.24, 2.45) is 51.8 Å². The van der Waals surface area contributed by atoms with Crippen molar-refractivity contribution in [1.82, 2.24) is 10.2 Å². The van der Waals surface area contributed by atoms with Crippen molar-refractivity contribution in [3.05, 3.63) is 11.6 Å². The van der Waals surface area contributed by atoms with Crippen molar-refractivity contribution in [3.63, 3.8) is 0 Å². The van der Waals surface area contributed by atoms with Crippen LogP contribution >= 0.6 is 0 Å². The van der Waals surface area contributed by atoms with E-state index in [2.05, 4.69) is 55.9 Å². The molecule has 0 radical (unpaired) electrons. The molecule has 0 spiro atoms. The summed E-state index contributed by atoms with van der Waals surface area (Å²) < 4.78 is 29.1. The number of likely N-dealkylation sites (tertiary alicyclic amines) is 1. The number of carbonyl (C=O) groups is 6. The zero-order chi connectivity index (χ0) is 47.8. The lowest BCUT2D eigenvalue weighted by Gasteiger charge is -2.58. The molecule has 2 saturated heterocycles. The van der Waals surface area contributed by atoms with E-state index in [-0.39, 0.29) is 62.7 Å². The van der Waals surface area contributed by atoms with Crippen molar-refractivity contribution in [2.45, 2.75) is 182 Å². The topological polar surface area (TPSA) is 186 Å². The van der Waals surface area contributed by atoms with Gasteiger partial charge in [0.2, 0.25) is 7.34 Å². The Labute approximate surface area is 380 Å². The minimum atomic E-state index is -1.05. The van der Waals surface area contributed by atoms with Crippen LogP contribution in [-0.4, -0.2) is 91.9 Å². The molecular formula is C50H82N2O11. The predicted molar refractivity (Wildman–Crippen MR) is 240 cm³/mol. The van der Waals surface area contributed by atoms with Gasteiger partial charge in [-0.15, -0.1) is 0 Å². The molecule has 63 heavy (non-hydrogen) atoms. The van der Waals surface area contributed by atoms with Gasteiger partial charge in [-0.1, -0.05) is 78.9 Å². The second kappa shape index (κ2) is 24.2. The first-order chi connectivity index (χ1) is 30.9. The SMILES string of the molecule is O=C1CCC(=O)O1.[2H]CC1(COC(=O)CCC(=O)O)CCN(C(=O)CCCCCNC(=O)O[C@H]2CC[C@@]3(C)C(=CC[C@H]4[C@@H]5CC[C@H]([C@H](C)CCCC(C)C)[C@@]5(C)CC[C@@H]43)C2)CC1.[3H]OC. The quantitative estimate of drug-likeness (QED) is 0.0416. The second-order valence-electron chi connectivity index (χ2n) is 20.6. The lowest BCUT2D eigenvalue weighted by atomic mass is 9.47. The van der Waals surface area contributed by atoms with Crippen LogP contribution in [0.1, 0.15) is 178 Å². The summed E-state index contributed by atoms with van der Waals surface area (Å²) in [6.07, 6.45) is 20.0. The summed E-state index contributed by atoms with van der Waals surface area (Å²) in [5.74, 6) is 2.59. The first-order valence-electron chi connectivity index (χ1n) is 25.3. The van der Waals surface area contributed by atoms with Crippen LogP contribution in [0.15, 0.2) is 11.6 Å². The molecule has 4 aliphatic carbocycles. The summed E-state index contributed by atoms with van der Waals surface area (Å²) in [5, 5.41) is 15.2. The zero-order valence-corrected chi connectivity index (χ0v) is 39.5. The number of carboxylic acid groups (broad SMARTS) is 1. The molecule has 2 aliphatic heterocycles. The number of amides is 2. The van der Waals surface area contributed by atoms with E-state index in [1.165, 1.54) is 64.0 Å². The number of ether oxygens (including phenoxy) is 3. The Morgan fingerprint density at radius 1 is 0.937 bits per heavy atom. The average molecular weight is 890 g/mol. The van der Waals surface area contributed by atoms with Crippen molar-refractivity contribution >= 4 is 35.9 Å². The first-order valence-corrected chi connectivity index (χ1v) is 24.2. The van der Waals surface area contributed by atoms with Gasteiger partial charge in [0.25, 0.3) is 0 Å². The minimum absolute atomic E-state index is 0.0628. The highest BCUT2D eigenvalue weighted by Gasteiger charge is 2.59. The molecule has 2 amide bonds. The standard InChI is InChI=1S/C45H74N2O7.C4H4O3.CH4O/c1-31(2)11-10-12-32(3)36-16-17-37-35-15-14-33-29-34(20-22-44(33,5)38(35)21-23-45(36,37)6)54-42(52)46-26-9-7-8-13-39(48)47-27-24-43(4,25-28-47)30-53-41(51)19-18-40(49)50;5-3-1-2-4(6)7-3;1-2/h14,31-32,34-38H,7-13,15-30H2,1-6H3,(H,46,52)(H,49,50);1-2H2;2H,1H3/t32-,34+,35+,36-,37+,38+,44+,45-;;/m1../s1/i4D;;2T. The lowest BCUT2D eigenvalue weighted by Crippen LogP contribution is -2.51. The molecule has 3 N–H and O–H groups in total. The molecule has 13 nitrogen and oxygen atoms in total. The maximum atomic E-state index is 12.9. The van der Waals surface area contributed by atoms with Gasteiger partial charge < -0.3 is 34.6 Å². The minimum Gasteiger partial charge on any atom is -0.481 e. The number of alkyl carbamates (subject to hydrolysis) is 1. The van der Waals surface area contributed by atoms with Gasteiger partial charge in [0.15, 0.2) is 0 Å². The van der Waals surface area contributed by atoms with Gasteiger partial charge in [0.05, 0.1) is 32.3 Å². The largest absolute Gasteiger partial charge is 0.481 e. The van der Waals surface area contributed by atoms with Gasteiger partial charge in [-0.2, -0.15) is 0 Å². The third-order valence-corrected chi connectivity index (χ3v) is 15.9. The summed E-state index contributed by atoms with van der Waals surface area (Å²) >= 11 is 0.